The number of ether oxygens (including phenoxy) is 1. The molecule has 1 amide bonds. The zero-order valence-electron chi connectivity index (χ0n) is 19.0. The Kier molecular flexibility index (Phi) is 6.59. The SMILES string of the molecule is Cc1c(C#N)c(NC(=O)COC(=O)Cn2nc(-c3ccccc3)oc2=O)n(-c2ccccc2)c1C. The summed E-state index contributed by atoms with van der Waals surface area (Å²) < 4.78 is 12.7. The van der Waals surface area contributed by atoms with Crippen molar-refractivity contribution in [3.05, 3.63) is 88.0 Å². The van der Waals surface area contributed by atoms with E-state index < -0.39 is 30.8 Å². The van der Waals surface area contributed by atoms with E-state index in [1.54, 1.807) is 41.8 Å². The Morgan fingerprint density at radius 1 is 1.09 bits per heavy atom. The molecule has 0 radical (unpaired) electrons. The maximum Gasteiger partial charge on any atom is 0.437 e. The van der Waals surface area contributed by atoms with Gasteiger partial charge in [0.2, 0.25) is 5.89 Å². The van der Waals surface area contributed by atoms with E-state index in [1.165, 1.54) is 0 Å². The lowest BCUT2D eigenvalue weighted by Gasteiger charge is -2.13. The molecule has 10 heteroatoms. The minimum Gasteiger partial charge on any atom is -0.454 e. The van der Waals surface area contributed by atoms with Crippen LogP contribution in [-0.2, 0) is 20.9 Å². The Labute approximate surface area is 200 Å². The number of nitrogens with zero attached hydrogens (tertiary/aromatic N) is 4. The van der Waals surface area contributed by atoms with Crippen LogP contribution in [0.5, 0.6) is 0 Å². The van der Waals surface area contributed by atoms with Gasteiger partial charge in [0.1, 0.15) is 18.4 Å². The number of amides is 1. The van der Waals surface area contributed by atoms with E-state index in [0.717, 1.165) is 21.6 Å². The molecule has 0 fully saturated rings. The molecule has 0 saturated carbocycles. The Morgan fingerprint density at radius 2 is 1.74 bits per heavy atom. The summed E-state index contributed by atoms with van der Waals surface area (Å²) in [4.78, 5) is 36.8. The lowest BCUT2D eigenvalue weighted by molar-refractivity contribution is -0.148. The van der Waals surface area contributed by atoms with Crippen molar-refractivity contribution in [2.45, 2.75) is 20.4 Å². The molecule has 0 bridgehead atoms. The molecule has 4 rings (SSSR count). The van der Waals surface area contributed by atoms with Crippen LogP contribution in [0.15, 0.2) is 69.9 Å². The smallest absolute Gasteiger partial charge is 0.437 e. The number of hydrogen-bond donors (Lipinski definition) is 1. The third-order valence-electron chi connectivity index (χ3n) is 5.37. The maximum atomic E-state index is 12.6. The molecule has 0 spiro atoms. The van der Waals surface area contributed by atoms with Crippen molar-refractivity contribution in [1.82, 2.24) is 14.3 Å². The Hall–Kier alpha value is -4.91. The van der Waals surface area contributed by atoms with E-state index in [2.05, 4.69) is 16.5 Å². The quantitative estimate of drug-likeness (QED) is 0.410. The fraction of sp³-hybridized carbons (Fsp3) is 0.160. The van der Waals surface area contributed by atoms with Crippen molar-refractivity contribution in [1.29, 1.82) is 5.26 Å². The minimum atomic E-state index is -0.846. The maximum absolute atomic E-state index is 12.6. The van der Waals surface area contributed by atoms with Gasteiger partial charge in [0.25, 0.3) is 5.91 Å². The monoisotopic (exact) mass is 471 g/mol. The molecule has 176 valence electrons. The molecule has 0 aliphatic carbocycles. The van der Waals surface area contributed by atoms with E-state index in [4.69, 9.17) is 9.15 Å². The minimum absolute atomic E-state index is 0.0672. The van der Waals surface area contributed by atoms with E-state index in [-0.39, 0.29) is 11.7 Å². The molecule has 0 saturated heterocycles. The van der Waals surface area contributed by atoms with E-state index in [9.17, 15) is 19.6 Å². The lowest BCUT2D eigenvalue weighted by atomic mass is 10.2. The van der Waals surface area contributed by atoms with Gasteiger partial charge < -0.3 is 14.5 Å². The molecule has 10 nitrogen and oxygen atoms in total. The summed E-state index contributed by atoms with van der Waals surface area (Å²) >= 11 is 0. The molecule has 35 heavy (non-hydrogen) atoms. The first-order valence-electron chi connectivity index (χ1n) is 10.6. The number of carbonyl (C=O) groups is 2. The zero-order valence-corrected chi connectivity index (χ0v) is 19.0. The van der Waals surface area contributed by atoms with Gasteiger partial charge in [0.15, 0.2) is 6.61 Å². The summed E-state index contributed by atoms with van der Waals surface area (Å²) in [7, 11) is 0. The topological polar surface area (TPSA) is 132 Å². The van der Waals surface area contributed by atoms with Gasteiger partial charge in [-0.05, 0) is 43.7 Å². The van der Waals surface area contributed by atoms with Crippen LogP contribution in [0.2, 0.25) is 0 Å². The van der Waals surface area contributed by atoms with Crippen LogP contribution in [0.4, 0.5) is 5.82 Å². The zero-order chi connectivity index (χ0) is 24.9. The fourth-order valence-electron chi connectivity index (χ4n) is 3.55. The van der Waals surface area contributed by atoms with E-state index >= 15 is 0 Å². The largest absolute Gasteiger partial charge is 0.454 e. The van der Waals surface area contributed by atoms with Crippen LogP contribution in [-0.4, -0.2) is 32.8 Å². The highest BCUT2D eigenvalue weighted by molar-refractivity contribution is 5.94. The average molecular weight is 471 g/mol. The number of para-hydroxylation sites is 1. The van der Waals surface area contributed by atoms with Crippen LogP contribution in [0.1, 0.15) is 16.8 Å². The number of nitrogens with one attached hydrogen (secondary N) is 1. The number of nitriles is 1. The molecule has 2 aromatic carbocycles. The standard InChI is InChI=1S/C25H21N5O5/c1-16-17(2)30(19-11-7-4-8-12-19)23(20(16)13-26)27-21(31)15-34-22(32)14-29-25(33)35-24(28-29)18-9-5-3-6-10-18/h3-12H,14-15H2,1-2H3,(H,27,31). The molecule has 2 heterocycles. The predicted octanol–water partition coefficient (Wildman–Crippen LogP) is 2.96. The molecule has 0 atom stereocenters. The molecular weight excluding hydrogens is 450 g/mol. The molecular formula is C25H21N5O5. The number of hydrogen-bond acceptors (Lipinski definition) is 7. The normalized spacial score (nSPS) is 10.5. The summed E-state index contributed by atoms with van der Waals surface area (Å²) in [6, 6.07) is 20.1. The second kappa shape index (κ2) is 9.93. The number of aromatic nitrogens is 3. The van der Waals surface area contributed by atoms with Gasteiger partial charge in [-0.2, -0.15) is 9.94 Å². The Balaban J connectivity index is 1.44. The number of rotatable bonds is 7. The van der Waals surface area contributed by atoms with E-state index in [0.29, 0.717) is 11.1 Å². The van der Waals surface area contributed by atoms with Crippen LogP contribution in [0, 0.1) is 25.2 Å². The Bertz CT molecular complexity index is 1480. The van der Waals surface area contributed by atoms with Gasteiger partial charge in [-0.25, -0.2) is 4.79 Å². The third kappa shape index (κ3) is 4.89. The molecule has 0 aliphatic heterocycles. The van der Waals surface area contributed by atoms with Crippen LogP contribution < -0.4 is 11.1 Å². The second-order valence-corrected chi connectivity index (χ2v) is 7.62. The molecule has 1 N–H and O–H groups in total. The van der Waals surface area contributed by atoms with Crippen molar-refractivity contribution in [2.75, 3.05) is 11.9 Å². The van der Waals surface area contributed by atoms with E-state index in [1.807, 2.05) is 37.3 Å². The highest BCUT2D eigenvalue weighted by atomic mass is 16.5. The van der Waals surface area contributed by atoms with Crippen molar-refractivity contribution in [3.63, 3.8) is 0 Å². The highest BCUT2D eigenvalue weighted by Gasteiger charge is 2.21. The molecule has 2 aromatic heterocycles. The second-order valence-electron chi connectivity index (χ2n) is 7.62. The van der Waals surface area contributed by atoms with Crippen molar-refractivity contribution < 1.29 is 18.7 Å². The lowest BCUT2D eigenvalue weighted by Crippen LogP contribution is -2.27. The van der Waals surface area contributed by atoms with Gasteiger partial charge in [-0.3, -0.25) is 14.2 Å². The van der Waals surface area contributed by atoms with Crippen LogP contribution >= 0.6 is 0 Å². The first-order valence-corrected chi connectivity index (χ1v) is 10.6. The number of benzene rings is 2. The number of esters is 1. The predicted molar refractivity (Wildman–Crippen MR) is 126 cm³/mol. The van der Waals surface area contributed by atoms with Gasteiger partial charge in [0, 0.05) is 16.9 Å². The van der Waals surface area contributed by atoms with Gasteiger partial charge in [-0.15, -0.1) is 5.10 Å². The van der Waals surface area contributed by atoms with Gasteiger partial charge in [-0.1, -0.05) is 36.4 Å². The molecule has 4 aromatic rings. The third-order valence-corrected chi connectivity index (χ3v) is 5.37. The first kappa shape index (κ1) is 23.3. The summed E-state index contributed by atoms with van der Waals surface area (Å²) in [5.74, 6) is -1.95. The fourth-order valence-corrected chi connectivity index (χ4v) is 3.55. The number of carbonyl (C=O) groups excluding carboxylic acids is 2. The number of anilines is 1. The molecule has 0 aliphatic rings. The van der Waals surface area contributed by atoms with Crippen LogP contribution in [0.3, 0.4) is 0 Å². The summed E-state index contributed by atoms with van der Waals surface area (Å²) in [6.45, 7) is 2.50. The summed E-state index contributed by atoms with van der Waals surface area (Å²) in [6.07, 6.45) is 0. The van der Waals surface area contributed by atoms with Gasteiger partial charge >= 0.3 is 11.7 Å². The van der Waals surface area contributed by atoms with Crippen LogP contribution in [0.25, 0.3) is 17.1 Å². The van der Waals surface area contributed by atoms with Gasteiger partial charge in [0.05, 0.1) is 5.56 Å². The molecule has 0 unspecified atom stereocenters. The van der Waals surface area contributed by atoms with Crippen molar-refractivity contribution in [2.24, 2.45) is 0 Å². The Morgan fingerprint density at radius 3 is 2.40 bits per heavy atom. The van der Waals surface area contributed by atoms with Crippen molar-refractivity contribution in [3.8, 4) is 23.2 Å². The highest BCUT2D eigenvalue weighted by Crippen LogP contribution is 2.29. The average Bonchev–Trinajstić information content (AvgIpc) is 3.34. The summed E-state index contributed by atoms with van der Waals surface area (Å²) in [5.41, 5.74) is 3.18. The summed E-state index contributed by atoms with van der Waals surface area (Å²) in [5, 5.41) is 16.3. The first-order chi connectivity index (χ1) is 16.9. The van der Waals surface area contributed by atoms with Crippen molar-refractivity contribution >= 4 is 17.7 Å².